The molecule has 2 aromatic heterocycles. The molecule has 14 heteroatoms. The second kappa shape index (κ2) is 14.6. The fourth-order valence-electron chi connectivity index (χ4n) is 8.17. The van der Waals surface area contributed by atoms with E-state index in [0.29, 0.717) is 80.0 Å². The second-order valence-corrected chi connectivity index (χ2v) is 16.1. The van der Waals surface area contributed by atoms with Crippen LogP contribution in [0.2, 0.25) is 0 Å². The number of carbonyl (C=O) groups excluding carboxylic acids is 4. The highest BCUT2D eigenvalue weighted by atomic mass is 16.6. The van der Waals surface area contributed by atoms with Gasteiger partial charge < -0.3 is 29.1 Å². The van der Waals surface area contributed by atoms with E-state index in [0.717, 1.165) is 5.56 Å². The third kappa shape index (κ3) is 7.60. The Morgan fingerprint density at radius 2 is 1.62 bits per heavy atom. The number of fused-ring (bicyclic) bond motifs is 2. The fourth-order valence-corrected chi connectivity index (χ4v) is 8.17. The first-order valence-corrected chi connectivity index (χ1v) is 18.9. The monoisotopic (exact) mass is 751 g/mol. The SMILES string of the molecule is CC(=O)N1CCN(C(=O)OC(C)(C)C)c2cc(C(=O)N3CC[C@@H](C(=O)N4CCC(O)(Cn5cnc6c(ccn6C)c5=O)CC4)[C@H](c4ccccc4)C3)ccc21. The van der Waals surface area contributed by atoms with Crippen molar-refractivity contribution >= 4 is 46.2 Å². The summed E-state index contributed by atoms with van der Waals surface area (Å²) in [4.78, 5) is 78.5. The van der Waals surface area contributed by atoms with Crippen LogP contribution in [0.3, 0.4) is 0 Å². The average Bonchev–Trinajstić information content (AvgIpc) is 3.55. The van der Waals surface area contributed by atoms with Crippen molar-refractivity contribution in [1.82, 2.24) is 23.9 Å². The van der Waals surface area contributed by atoms with Crippen LogP contribution in [0.1, 0.15) is 68.8 Å². The lowest BCUT2D eigenvalue weighted by Gasteiger charge is -2.43. The first-order chi connectivity index (χ1) is 26.1. The molecule has 0 bridgehead atoms. The molecule has 3 aliphatic heterocycles. The molecule has 2 saturated heterocycles. The molecule has 1 N–H and O–H groups in total. The molecule has 3 aliphatic rings. The maximum absolute atomic E-state index is 14.3. The lowest BCUT2D eigenvalue weighted by molar-refractivity contribution is -0.142. The fraction of sp³-hybridized carbons (Fsp3) is 0.463. The molecule has 5 heterocycles. The third-order valence-corrected chi connectivity index (χ3v) is 11.1. The molecule has 0 saturated carbocycles. The van der Waals surface area contributed by atoms with Crippen molar-refractivity contribution in [2.75, 3.05) is 49.1 Å². The van der Waals surface area contributed by atoms with Gasteiger partial charge in [-0.15, -0.1) is 0 Å². The molecule has 4 amide bonds. The summed E-state index contributed by atoms with van der Waals surface area (Å²) < 4.78 is 8.91. The predicted molar refractivity (Wildman–Crippen MR) is 207 cm³/mol. The molecule has 0 aliphatic carbocycles. The highest BCUT2D eigenvalue weighted by Crippen LogP contribution is 2.38. The Labute approximate surface area is 319 Å². The highest BCUT2D eigenvalue weighted by Gasteiger charge is 2.42. The Kier molecular flexibility index (Phi) is 10.1. The van der Waals surface area contributed by atoms with Gasteiger partial charge in [-0.25, -0.2) is 9.78 Å². The third-order valence-electron chi connectivity index (χ3n) is 11.1. The van der Waals surface area contributed by atoms with Crippen LogP contribution in [0.5, 0.6) is 0 Å². The zero-order chi connectivity index (χ0) is 39.2. The Morgan fingerprint density at radius 3 is 2.31 bits per heavy atom. The normalized spacial score (nSPS) is 20.0. The number of aromatic nitrogens is 3. The van der Waals surface area contributed by atoms with E-state index in [-0.39, 0.29) is 48.2 Å². The Bertz CT molecular complexity index is 2180. The van der Waals surface area contributed by atoms with E-state index in [1.807, 2.05) is 42.3 Å². The molecule has 2 aromatic carbocycles. The molecule has 14 nitrogen and oxygen atoms in total. The summed E-state index contributed by atoms with van der Waals surface area (Å²) in [6.45, 7) is 8.77. The van der Waals surface area contributed by atoms with E-state index in [4.69, 9.17) is 4.74 Å². The van der Waals surface area contributed by atoms with Crippen LogP contribution < -0.4 is 15.4 Å². The summed E-state index contributed by atoms with van der Waals surface area (Å²) in [5.74, 6) is -1.09. The number of amides is 4. The number of likely N-dealkylation sites (tertiary alicyclic amines) is 2. The number of aryl methyl sites for hydroxylation is 1. The largest absolute Gasteiger partial charge is 0.443 e. The van der Waals surface area contributed by atoms with Gasteiger partial charge in [-0.3, -0.25) is 28.6 Å². The van der Waals surface area contributed by atoms with Gasteiger partial charge in [-0.2, -0.15) is 0 Å². The summed E-state index contributed by atoms with van der Waals surface area (Å²) >= 11 is 0. The van der Waals surface area contributed by atoms with Crippen LogP contribution in [0.15, 0.2) is 71.9 Å². The molecule has 7 rings (SSSR count). The minimum Gasteiger partial charge on any atom is -0.443 e. The highest BCUT2D eigenvalue weighted by molar-refractivity contribution is 6.04. The molecular weight excluding hydrogens is 702 g/mol. The second-order valence-electron chi connectivity index (χ2n) is 16.1. The van der Waals surface area contributed by atoms with E-state index in [1.54, 1.807) is 65.6 Å². The van der Waals surface area contributed by atoms with Gasteiger partial charge in [0.25, 0.3) is 11.5 Å². The molecule has 290 valence electrons. The number of hydrogen-bond acceptors (Lipinski definition) is 8. The van der Waals surface area contributed by atoms with Crippen LogP contribution in [-0.2, 0) is 27.9 Å². The zero-order valence-electron chi connectivity index (χ0n) is 32.1. The summed E-state index contributed by atoms with van der Waals surface area (Å²) in [6, 6.07) is 16.5. The molecule has 55 heavy (non-hydrogen) atoms. The number of rotatable bonds is 5. The number of benzene rings is 2. The number of carbonyl (C=O) groups is 4. The van der Waals surface area contributed by atoms with Crippen LogP contribution in [0.4, 0.5) is 16.2 Å². The average molecular weight is 752 g/mol. The van der Waals surface area contributed by atoms with Gasteiger partial charge in [0.15, 0.2) is 0 Å². The number of nitrogens with zero attached hydrogens (tertiary/aromatic N) is 7. The van der Waals surface area contributed by atoms with E-state index < -0.39 is 17.3 Å². The van der Waals surface area contributed by atoms with E-state index in [9.17, 15) is 29.1 Å². The van der Waals surface area contributed by atoms with Crippen molar-refractivity contribution in [3.63, 3.8) is 0 Å². The van der Waals surface area contributed by atoms with Crippen molar-refractivity contribution in [1.29, 1.82) is 0 Å². The lowest BCUT2D eigenvalue weighted by atomic mass is 9.79. The Morgan fingerprint density at radius 1 is 0.909 bits per heavy atom. The van der Waals surface area contributed by atoms with Gasteiger partial charge in [0.1, 0.15) is 17.6 Å². The van der Waals surface area contributed by atoms with Gasteiger partial charge in [-0.1, -0.05) is 30.3 Å². The molecule has 4 aromatic rings. The van der Waals surface area contributed by atoms with E-state index in [1.165, 1.54) is 22.7 Å². The van der Waals surface area contributed by atoms with Crippen molar-refractivity contribution < 1.29 is 29.0 Å². The van der Waals surface area contributed by atoms with Crippen LogP contribution >= 0.6 is 0 Å². The van der Waals surface area contributed by atoms with Crippen molar-refractivity contribution in [2.45, 2.75) is 70.6 Å². The van der Waals surface area contributed by atoms with Crippen molar-refractivity contribution in [3.05, 3.63) is 88.6 Å². The number of ether oxygens (including phenoxy) is 1. The summed E-state index contributed by atoms with van der Waals surface area (Å²) in [7, 11) is 1.83. The summed E-state index contributed by atoms with van der Waals surface area (Å²) in [5.41, 5.74) is 0.747. The smallest absolute Gasteiger partial charge is 0.414 e. The van der Waals surface area contributed by atoms with Gasteiger partial charge in [-0.05, 0) is 69.9 Å². The molecule has 2 atom stereocenters. The quantitative estimate of drug-likeness (QED) is 0.320. The number of aliphatic hydroxyl groups is 1. The van der Waals surface area contributed by atoms with Crippen LogP contribution in [0, 0.1) is 5.92 Å². The standard InChI is InChI=1S/C41H49N7O7/c1-27(49)47-21-22-48(39(53)55-40(2,3)4)34-23-29(11-12-33(34)47)36(50)45-18-14-30(32(24-45)28-9-7-6-8-10-28)37(51)44-19-15-41(54,16-20-44)25-46-26-42-35-31(38(46)52)13-17-43(35)5/h6-13,17,23,26,30,32,54H,14-16,18-22,24-25H2,1-5H3/t30-,32+/m1/s1. The number of hydrogen-bond donors (Lipinski definition) is 1. The van der Waals surface area contributed by atoms with Crippen molar-refractivity contribution in [2.24, 2.45) is 13.0 Å². The van der Waals surface area contributed by atoms with Gasteiger partial charge in [0.05, 0.1) is 28.9 Å². The Hall–Kier alpha value is -5.50. The maximum atomic E-state index is 14.3. The first kappa shape index (κ1) is 37.8. The minimum absolute atomic E-state index is 0.0151. The van der Waals surface area contributed by atoms with E-state index in [2.05, 4.69) is 4.98 Å². The molecule has 0 unspecified atom stereocenters. The minimum atomic E-state index is -1.17. The molecule has 2 fully saturated rings. The molecule has 0 spiro atoms. The number of piperidine rings is 2. The van der Waals surface area contributed by atoms with Gasteiger partial charge in [0.2, 0.25) is 11.8 Å². The first-order valence-electron chi connectivity index (χ1n) is 18.9. The van der Waals surface area contributed by atoms with Crippen molar-refractivity contribution in [3.8, 4) is 0 Å². The predicted octanol–water partition coefficient (Wildman–Crippen LogP) is 4.14. The molecule has 0 radical (unpaired) electrons. The van der Waals surface area contributed by atoms with Crippen LogP contribution in [-0.4, -0.2) is 103 Å². The topological polar surface area (TPSA) is 151 Å². The van der Waals surface area contributed by atoms with Gasteiger partial charge >= 0.3 is 6.09 Å². The lowest BCUT2D eigenvalue weighted by Crippen LogP contribution is -2.53. The van der Waals surface area contributed by atoms with Gasteiger partial charge in [0, 0.05) is 76.8 Å². The molecular formula is C41H49N7O7. The zero-order valence-corrected chi connectivity index (χ0v) is 32.1. The summed E-state index contributed by atoms with van der Waals surface area (Å²) in [5, 5.41) is 12.1. The number of anilines is 2. The maximum Gasteiger partial charge on any atom is 0.414 e. The summed E-state index contributed by atoms with van der Waals surface area (Å²) in [6.07, 6.45) is 3.76. The Balaban J connectivity index is 1.07. The van der Waals surface area contributed by atoms with E-state index >= 15 is 0 Å². The van der Waals surface area contributed by atoms with Crippen LogP contribution in [0.25, 0.3) is 11.0 Å².